The van der Waals surface area contributed by atoms with E-state index in [0.717, 1.165) is 12.1 Å². The molecule has 1 rings (SSSR count). The monoisotopic (exact) mass is 334 g/mol. The molecule has 0 fully saturated rings. The Kier molecular flexibility index (Phi) is 4.38. The van der Waals surface area contributed by atoms with Gasteiger partial charge in [0, 0.05) is 12.1 Å². The molecule has 1 atom stereocenters. The maximum atomic E-state index is 10.7. The van der Waals surface area contributed by atoms with Gasteiger partial charge in [-0.1, -0.05) is 15.9 Å². The third-order valence-electron chi connectivity index (χ3n) is 2.21. The average molecular weight is 335 g/mol. The number of hydrogen-bond acceptors (Lipinski definition) is 6. The molecule has 19 heavy (non-hydrogen) atoms. The minimum Gasteiger partial charge on any atom is -0.497 e. The van der Waals surface area contributed by atoms with E-state index in [4.69, 9.17) is 5.11 Å². The van der Waals surface area contributed by atoms with Gasteiger partial charge >= 0.3 is 17.3 Å². The molecule has 0 aliphatic carbocycles. The van der Waals surface area contributed by atoms with Crippen LogP contribution in [-0.2, 0) is 11.2 Å². The topological polar surface area (TPSA) is 144 Å². The first-order valence-corrected chi connectivity index (χ1v) is 5.67. The number of carboxylic acid groups (broad SMARTS) is 1. The molecular formula is C9H7BrN2O7. The Morgan fingerprint density at radius 2 is 1.68 bits per heavy atom. The fourth-order valence-corrected chi connectivity index (χ4v) is 1.73. The van der Waals surface area contributed by atoms with E-state index < -0.39 is 37.8 Å². The third kappa shape index (κ3) is 3.37. The molecule has 0 saturated carbocycles. The second-order valence-corrected chi connectivity index (χ2v) is 4.61. The van der Waals surface area contributed by atoms with Crippen LogP contribution in [0.5, 0.6) is 5.75 Å². The number of nitrogens with zero attached hydrogens (tertiary/aromatic N) is 2. The molecule has 1 aromatic carbocycles. The number of nitro benzene ring substituents is 2. The Morgan fingerprint density at radius 3 is 2.00 bits per heavy atom. The highest BCUT2D eigenvalue weighted by molar-refractivity contribution is 9.10. The van der Waals surface area contributed by atoms with Crippen molar-refractivity contribution in [3.05, 3.63) is 37.9 Å². The van der Waals surface area contributed by atoms with E-state index in [-0.39, 0.29) is 12.0 Å². The molecule has 0 saturated heterocycles. The van der Waals surface area contributed by atoms with Gasteiger partial charge in [-0.05, 0) is 12.0 Å². The number of phenols is 1. The van der Waals surface area contributed by atoms with Crippen molar-refractivity contribution in [2.45, 2.75) is 11.2 Å². The first kappa shape index (κ1) is 14.8. The summed E-state index contributed by atoms with van der Waals surface area (Å²) in [6, 6.07) is 1.80. The molecule has 10 heteroatoms. The zero-order valence-electron chi connectivity index (χ0n) is 9.15. The van der Waals surface area contributed by atoms with Crippen LogP contribution in [0.1, 0.15) is 5.56 Å². The van der Waals surface area contributed by atoms with Gasteiger partial charge < -0.3 is 10.2 Å². The normalized spacial score (nSPS) is 11.8. The lowest BCUT2D eigenvalue weighted by Crippen LogP contribution is -2.15. The summed E-state index contributed by atoms with van der Waals surface area (Å²) in [6.45, 7) is 0. The van der Waals surface area contributed by atoms with E-state index in [9.17, 15) is 30.1 Å². The summed E-state index contributed by atoms with van der Waals surface area (Å²) in [5, 5.41) is 39.4. The lowest BCUT2D eigenvalue weighted by Gasteiger charge is -2.06. The fraction of sp³-hybridized carbons (Fsp3) is 0.222. The molecule has 0 aromatic heterocycles. The van der Waals surface area contributed by atoms with Crippen molar-refractivity contribution in [2.24, 2.45) is 0 Å². The second kappa shape index (κ2) is 5.61. The first-order valence-electron chi connectivity index (χ1n) is 4.75. The van der Waals surface area contributed by atoms with Crippen LogP contribution in [0.25, 0.3) is 0 Å². The maximum Gasteiger partial charge on any atom is 0.318 e. The number of halogens is 1. The summed E-state index contributed by atoms with van der Waals surface area (Å²) < 4.78 is 0. The van der Waals surface area contributed by atoms with Crippen LogP contribution in [0.4, 0.5) is 11.4 Å². The summed E-state index contributed by atoms with van der Waals surface area (Å²) >= 11 is 2.82. The van der Waals surface area contributed by atoms with Crippen molar-refractivity contribution in [3.8, 4) is 5.75 Å². The summed E-state index contributed by atoms with van der Waals surface area (Å²) in [4.78, 5) is 29.0. The number of benzene rings is 1. The minimum atomic E-state index is -1.21. The van der Waals surface area contributed by atoms with Crippen LogP contribution in [0.3, 0.4) is 0 Å². The Balaban J connectivity index is 3.30. The van der Waals surface area contributed by atoms with E-state index in [1.54, 1.807) is 0 Å². The number of aromatic hydroxyl groups is 1. The van der Waals surface area contributed by atoms with Crippen LogP contribution in [0, 0.1) is 20.2 Å². The summed E-state index contributed by atoms with van der Waals surface area (Å²) in [7, 11) is 0. The zero-order valence-corrected chi connectivity index (χ0v) is 10.7. The first-order chi connectivity index (χ1) is 8.73. The number of carboxylic acids is 1. The lowest BCUT2D eigenvalue weighted by molar-refractivity contribution is -0.396. The van der Waals surface area contributed by atoms with E-state index in [0.29, 0.717) is 0 Å². The molecular weight excluding hydrogens is 328 g/mol. The Hall–Kier alpha value is -2.23. The van der Waals surface area contributed by atoms with E-state index in [1.165, 1.54) is 0 Å². The van der Waals surface area contributed by atoms with Gasteiger partial charge in [0.25, 0.3) is 5.75 Å². The van der Waals surface area contributed by atoms with Gasteiger partial charge in [0.2, 0.25) is 0 Å². The van der Waals surface area contributed by atoms with Gasteiger partial charge in [0.15, 0.2) is 0 Å². The summed E-state index contributed by atoms with van der Waals surface area (Å²) in [5.74, 6) is -2.27. The number of hydrogen-bond donors (Lipinski definition) is 2. The third-order valence-corrected chi connectivity index (χ3v) is 2.92. The van der Waals surface area contributed by atoms with Crippen molar-refractivity contribution in [1.29, 1.82) is 0 Å². The quantitative estimate of drug-likeness (QED) is 0.472. The molecule has 0 radical (unpaired) electrons. The second-order valence-electron chi connectivity index (χ2n) is 3.51. The molecule has 9 nitrogen and oxygen atoms in total. The maximum absolute atomic E-state index is 10.7. The number of carbonyl (C=O) groups is 1. The number of phenolic OH excluding ortho intramolecular Hbond substituents is 1. The highest BCUT2D eigenvalue weighted by atomic mass is 79.9. The fourth-order valence-electron chi connectivity index (χ4n) is 1.35. The molecule has 0 aliphatic heterocycles. The van der Waals surface area contributed by atoms with Crippen LogP contribution >= 0.6 is 15.9 Å². The zero-order chi connectivity index (χ0) is 14.7. The molecule has 0 heterocycles. The molecule has 0 amide bonds. The van der Waals surface area contributed by atoms with Gasteiger partial charge in [0.05, 0.1) is 9.85 Å². The van der Waals surface area contributed by atoms with Gasteiger partial charge in [-0.25, -0.2) is 0 Å². The van der Waals surface area contributed by atoms with E-state index in [2.05, 4.69) is 15.9 Å². The van der Waals surface area contributed by atoms with Crippen molar-refractivity contribution in [3.63, 3.8) is 0 Å². The van der Waals surface area contributed by atoms with Gasteiger partial charge in [-0.3, -0.25) is 25.0 Å². The van der Waals surface area contributed by atoms with Gasteiger partial charge in [-0.15, -0.1) is 0 Å². The molecule has 1 aromatic rings. The number of alkyl halides is 1. The number of nitro groups is 2. The highest BCUT2D eigenvalue weighted by Crippen LogP contribution is 2.37. The van der Waals surface area contributed by atoms with Crippen LogP contribution < -0.4 is 0 Å². The standard InChI is InChI=1S/C9H7BrN2O7/c10-5(9(14)15)1-4-2-6(11(16)17)8(13)7(3-4)12(18)19/h2-3,5,13H,1H2,(H,14,15)/t5-/m0/s1. The van der Waals surface area contributed by atoms with Crippen LogP contribution in [0.2, 0.25) is 0 Å². The van der Waals surface area contributed by atoms with Crippen molar-refractivity contribution >= 4 is 33.3 Å². The predicted octanol–water partition coefficient (Wildman–Crippen LogP) is 1.60. The van der Waals surface area contributed by atoms with Crippen molar-refractivity contribution < 1.29 is 24.9 Å². The van der Waals surface area contributed by atoms with Crippen LogP contribution in [-0.4, -0.2) is 30.9 Å². The molecule has 0 unspecified atom stereocenters. The predicted molar refractivity (Wildman–Crippen MR) is 65.5 cm³/mol. The highest BCUT2D eigenvalue weighted by Gasteiger charge is 2.27. The summed E-state index contributed by atoms with van der Waals surface area (Å²) in [6.07, 6.45) is -0.197. The SMILES string of the molecule is O=C(O)[C@@H](Br)Cc1cc([N+](=O)[O-])c(O)c([N+](=O)[O-])c1. The minimum absolute atomic E-state index is 0.0560. The molecule has 0 aliphatic rings. The lowest BCUT2D eigenvalue weighted by atomic mass is 10.1. The summed E-state index contributed by atoms with van der Waals surface area (Å²) in [5.41, 5.74) is -1.62. The van der Waals surface area contributed by atoms with Crippen LogP contribution in [0.15, 0.2) is 12.1 Å². The number of rotatable bonds is 5. The van der Waals surface area contributed by atoms with Gasteiger partial charge in [-0.2, -0.15) is 0 Å². The van der Waals surface area contributed by atoms with E-state index >= 15 is 0 Å². The Bertz CT molecular complexity index is 524. The van der Waals surface area contributed by atoms with Gasteiger partial charge in [0.1, 0.15) is 4.83 Å². The Morgan fingerprint density at radius 1 is 1.26 bits per heavy atom. The van der Waals surface area contributed by atoms with Crippen molar-refractivity contribution in [2.75, 3.05) is 0 Å². The molecule has 0 bridgehead atoms. The van der Waals surface area contributed by atoms with Crippen molar-refractivity contribution in [1.82, 2.24) is 0 Å². The number of aliphatic carboxylic acids is 1. The molecule has 0 spiro atoms. The average Bonchev–Trinajstić information content (AvgIpc) is 2.30. The Labute approximate surface area is 113 Å². The molecule has 102 valence electrons. The smallest absolute Gasteiger partial charge is 0.318 e. The largest absolute Gasteiger partial charge is 0.497 e. The van der Waals surface area contributed by atoms with E-state index in [1.807, 2.05) is 0 Å². The molecule has 2 N–H and O–H groups in total.